The highest BCUT2D eigenvalue weighted by atomic mass is 32.2. The van der Waals surface area contributed by atoms with Gasteiger partial charge in [0.25, 0.3) is 0 Å². The van der Waals surface area contributed by atoms with Crippen LogP contribution in [0, 0.1) is 0 Å². The number of nitrogens with zero attached hydrogens (tertiary/aromatic N) is 6. The van der Waals surface area contributed by atoms with Gasteiger partial charge in [-0.2, -0.15) is 5.10 Å². The molecule has 0 N–H and O–H groups in total. The van der Waals surface area contributed by atoms with Gasteiger partial charge in [-0.25, -0.2) is 0 Å². The van der Waals surface area contributed by atoms with Crippen LogP contribution in [0.4, 0.5) is 0 Å². The molecule has 0 spiro atoms. The third kappa shape index (κ3) is 3.38. The van der Waals surface area contributed by atoms with Gasteiger partial charge in [-0.1, -0.05) is 19.1 Å². The summed E-state index contributed by atoms with van der Waals surface area (Å²) < 4.78 is 3.95. The molecule has 0 saturated heterocycles. The highest BCUT2D eigenvalue weighted by Crippen LogP contribution is 2.31. The summed E-state index contributed by atoms with van der Waals surface area (Å²) >= 11 is 1.64. The van der Waals surface area contributed by atoms with Crippen LogP contribution in [0.15, 0.2) is 65.1 Å². The van der Waals surface area contributed by atoms with Gasteiger partial charge >= 0.3 is 0 Å². The monoisotopic (exact) mass is 400 g/mol. The zero-order valence-corrected chi connectivity index (χ0v) is 17.1. The molecule has 0 aliphatic carbocycles. The molecule has 0 unspecified atom stereocenters. The van der Waals surface area contributed by atoms with Crippen LogP contribution >= 0.6 is 11.8 Å². The Morgan fingerprint density at radius 3 is 2.90 bits per heavy atom. The van der Waals surface area contributed by atoms with Gasteiger partial charge in [-0.15, -0.1) is 10.2 Å². The molecule has 5 rings (SSSR count). The summed E-state index contributed by atoms with van der Waals surface area (Å²) in [7, 11) is 1.93. The van der Waals surface area contributed by atoms with Crippen LogP contribution < -0.4 is 0 Å². The molecule has 0 fully saturated rings. The average molecular weight is 401 g/mol. The lowest BCUT2D eigenvalue weighted by Crippen LogP contribution is -1.99. The average Bonchev–Trinajstić information content (AvgIpc) is 3.27. The van der Waals surface area contributed by atoms with E-state index in [4.69, 9.17) is 0 Å². The minimum absolute atomic E-state index is 0.719. The topological polar surface area (TPSA) is 61.4 Å². The number of hydrogen-bond donors (Lipinski definition) is 0. The minimum atomic E-state index is 0.719. The lowest BCUT2D eigenvalue weighted by Gasteiger charge is -2.08. The van der Waals surface area contributed by atoms with Crippen molar-refractivity contribution in [2.24, 2.45) is 7.05 Å². The fourth-order valence-electron chi connectivity index (χ4n) is 3.54. The van der Waals surface area contributed by atoms with Crippen molar-refractivity contribution in [1.82, 2.24) is 29.5 Å². The minimum Gasteiger partial charge on any atom is -0.298 e. The maximum absolute atomic E-state index is 4.48. The third-order valence-electron chi connectivity index (χ3n) is 5.08. The molecular formula is C22H20N6S. The van der Waals surface area contributed by atoms with E-state index >= 15 is 0 Å². The van der Waals surface area contributed by atoms with E-state index in [9.17, 15) is 0 Å². The van der Waals surface area contributed by atoms with E-state index in [1.807, 2.05) is 36.4 Å². The van der Waals surface area contributed by atoms with Crippen molar-refractivity contribution < 1.29 is 0 Å². The Kier molecular flexibility index (Phi) is 4.52. The molecule has 0 saturated carbocycles. The molecule has 144 valence electrons. The first-order valence-electron chi connectivity index (χ1n) is 9.57. The fraction of sp³-hybridized carbons (Fsp3) is 0.182. The highest BCUT2D eigenvalue weighted by Gasteiger charge is 2.15. The standard InChI is InChI=1S/C22H20N6S/c1-3-15-8-10-23-20-6-5-18(12-19(15)20)29-22-26-25-21-7-4-16(9-11-28(21)22)17-13-24-27(2)14-17/h4-10,12-14H,3,11H2,1-2H3. The molecule has 29 heavy (non-hydrogen) atoms. The van der Waals surface area contributed by atoms with Crippen molar-refractivity contribution in [2.75, 3.05) is 0 Å². The van der Waals surface area contributed by atoms with Crippen molar-refractivity contribution in [1.29, 1.82) is 0 Å². The van der Waals surface area contributed by atoms with Crippen molar-refractivity contribution in [3.05, 3.63) is 72.0 Å². The smallest absolute Gasteiger partial charge is 0.196 e. The summed E-state index contributed by atoms with van der Waals surface area (Å²) in [4.78, 5) is 5.62. The van der Waals surface area contributed by atoms with E-state index < -0.39 is 0 Å². The van der Waals surface area contributed by atoms with Crippen molar-refractivity contribution in [3.63, 3.8) is 0 Å². The summed E-state index contributed by atoms with van der Waals surface area (Å²) in [5.74, 6) is 0.861. The predicted molar refractivity (Wildman–Crippen MR) is 115 cm³/mol. The lowest BCUT2D eigenvalue weighted by molar-refractivity contribution is 0.720. The largest absolute Gasteiger partial charge is 0.298 e. The molecule has 1 aliphatic heterocycles. The van der Waals surface area contributed by atoms with E-state index in [1.54, 1.807) is 11.8 Å². The Hall–Kier alpha value is -3.19. The zero-order chi connectivity index (χ0) is 19.8. The number of fused-ring (bicyclic) bond motifs is 2. The second kappa shape index (κ2) is 7.33. The second-order valence-electron chi connectivity index (χ2n) is 6.95. The molecule has 0 amide bonds. The first kappa shape index (κ1) is 17.9. The van der Waals surface area contributed by atoms with Crippen LogP contribution in [-0.4, -0.2) is 29.5 Å². The van der Waals surface area contributed by atoms with Gasteiger partial charge in [0.2, 0.25) is 0 Å². The second-order valence-corrected chi connectivity index (χ2v) is 7.99. The Labute approximate surface area is 173 Å². The van der Waals surface area contributed by atoms with Gasteiger partial charge in [-0.3, -0.25) is 14.2 Å². The number of hydrogen-bond acceptors (Lipinski definition) is 5. The van der Waals surface area contributed by atoms with Gasteiger partial charge in [0, 0.05) is 41.8 Å². The molecule has 1 aliphatic rings. The Balaban J connectivity index is 1.46. The van der Waals surface area contributed by atoms with Gasteiger partial charge in [0.05, 0.1) is 11.7 Å². The quantitative estimate of drug-likeness (QED) is 0.509. The van der Waals surface area contributed by atoms with Gasteiger partial charge in [0.1, 0.15) is 0 Å². The zero-order valence-electron chi connectivity index (χ0n) is 16.3. The summed E-state index contributed by atoms with van der Waals surface area (Å²) in [6.07, 6.45) is 13.1. The first-order valence-corrected chi connectivity index (χ1v) is 10.4. The lowest BCUT2D eigenvalue weighted by atomic mass is 10.1. The molecule has 4 aromatic rings. The Morgan fingerprint density at radius 1 is 1.14 bits per heavy atom. The molecule has 3 aromatic heterocycles. The molecule has 7 heteroatoms. The molecule has 0 radical (unpaired) electrons. The van der Waals surface area contributed by atoms with Crippen LogP contribution in [-0.2, 0) is 20.0 Å². The Bertz CT molecular complexity index is 1260. The predicted octanol–water partition coefficient (Wildman–Crippen LogP) is 4.38. The molecule has 0 atom stereocenters. The van der Waals surface area contributed by atoms with Crippen molar-refractivity contribution >= 4 is 34.3 Å². The maximum Gasteiger partial charge on any atom is 0.196 e. The number of pyridine rings is 1. The van der Waals surface area contributed by atoms with E-state index in [2.05, 4.69) is 68.2 Å². The van der Waals surface area contributed by atoms with Gasteiger partial charge in [-0.05, 0) is 59.7 Å². The summed E-state index contributed by atoms with van der Waals surface area (Å²) in [5.41, 5.74) is 4.58. The summed E-state index contributed by atoms with van der Waals surface area (Å²) in [6.45, 7) is 2.89. The van der Waals surface area contributed by atoms with E-state index in [-0.39, 0.29) is 0 Å². The number of aryl methyl sites for hydroxylation is 2. The van der Waals surface area contributed by atoms with Gasteiger partial charge < -0.3 is 0 Å². The van der Waals surface area contributed by atoms with E-state index in [0.717, 1.165) is 45.5 Å². The SMILES string of the molecule is CCc1ccnc2ccc(Sc3nnc4n3CC=C(c3cnn(C)c3)C=C4)cc12. The van der Waals surface area contributed by atoms with Crippen LogP contribution in [0.2, 0.25) is 0 Å². The van der Waals surface area contributed by atoms with Crippen LogP contribution in [0.1, 0.15) is 23.9 Å². The highest BCUT2D eigenvalue weighted by molar-refractivity contribution is 7.99. The number of aromatic nitrogens is 6. The summed E-state index contributed by atoms with van der Waals surface area (Å²) in [5, 5.41) is 15.2. The van der Waals surface area contributed by atoms with Crippen LogP contribution in [0.25, 0.3) is 22.6 Å². The van der Waals surface area contributed by atoms with Crippen molar-refractivity contribution in [2.45, 2.75) is 29.9 Å². The molecule has 0 bridgehead atoms. The number of benzene rings is 1. The number of rotatable bonds is 4. The number of allylic oxidation sites excluding steroid dienone is 3. The van der Waals surface area contributed by atoms with E-state index in [1.165, 1.54) is 10.9 Å². The van der Waals surface area contributed by atoms with E-state index in [0.29, 0.717) is 0 Å². The molecule has 4 heterocycles. The first-order chi connectivity index (χ1) is 14.2. The van der Waals surface area contributed by atoms with Crippen LogP contribution in [0.5, 0.6) is 0 Å². The molecule has 6 nitrogen and oxygen atoms in total. The summed E-state index contributed by atoms with van der Waals surface area (Å²) in [6, 6.07) is 8.48. The van der Waals surface area contributed by atoms with Crippen molar-refractivity contribution in [3.8, 4) is 0 Å². The fourth-order valence-corrected chi connectivity index (χ4v) is 4.42. The Morgan fingerprint density at radius 2 is 2.07 bits per heavy atom. The normalized spacial score (nSPS) is 13.4. The molecule has 1 aromatic carbocycles. The molecular weight excluding hydrogens is 380 g/mol. The maximum atomic E-state index is 4.48. The van der Waals surface area contributed by atoms with Crippen LogP contribution in [0.3, 0.4) is 0 Å². The third-order valence-corrected chi connectivity index (χ3v) is 6.06. The van der Waals surface area contributed by atoms with Gasteiger partial charge in [0.15, 0.2) is 11.0 Å².